The summed E-state index contributed by atoms with van der Waals surface area (Å²) in [7, 11) is 4.67. The third-order valence-corrected chi connectivity index (χ3v) is 15.5. The Morgan fingerprint density at radius 1 is 0.872 bits per heavy atom. The maximum Gasteiger partial charge on any atom is 0.329 e. The van der Waals surface area contributed by atoms with E-state index in [0.29, 0.717) is 50.0 Å². The Morgan fingerprint density at radius 2 is 1.51 bits per heavy atom. The van der Waals surface area contributed by atoms with Gasteiger partial charge < -0.3 is 55.1 Å². The fourth-order valence-corrected chi connectivity index (χ4v) is 10.7. The van der Waals surface area contributed by atoms with E-state index < -0.39 is 138 Å². The second kappa shape index (κ2) is 29.5. The summed E-state index contributed by atoms with van der Waals surface area (Å²) < 4.78 is 17.3. The minimum Gasteiger partial charge on any atom is -0.497 e. The first-order valence-electron chi connectivity index (χ1n) is 28.0. The van der Waals surface area contributed by atoms with Crippen LogP contribution in [0, 0.1) is 29.6 Å². The van der Waals surface area contributed by atoms with Crippen molar-refractivity contribution in [2.75, 3.05) is 40.8 Å². The molecule has 0 radical (unpaired) electrons. The first-order valence-corrected chi connectivity index (χ1v) is 28.0. The Labute approximate surface area is 461 Å². The fourth-order valence-electron chi connectivity index (χ4n) is 10.7. The van der Waals surface area contributed by atoms with Crippen molar-refractivity contribution in [2.24, 2.45) is 29.6 Å². The quantitative estimate of drug-likeness (QED) is 0.118. The van der Waals surface area contributed by atoms with E-state index in [1.807, 2.05) is 34.6 Å². The molecule has 6 amide bonds. The highest BCUT2D eigenvalue weighted by Crippen LogP contribution is 2.27. The van der Waals surface area contributed by atoms with Gasteiger partial charge in [-0.2, -0.15) is 0 Å². The van der Waals surface area contributed by atoms with Crippen molar-refractivity contribution in [3.05, 3.63) is 29.8 Å². The molecule has 78 heavy (non-hydrogen) atoms. The third kappa shape index (κ3) is 17.2. The molecule has 21 heteroatoms. The van der Waals surface area contributed by atoms with E-state index in [9.17, 15) is 48.6 Å². The van der Waals surface area contributed by atoms with E-state index in [1.54, 1.807) is 61.9 Å². The molecule has 0 aliphatic carbocycles. The van der Waals surface area contributed by atoms with E-state index in [0.717, 1.165) is 0 Å². The highest BCUT2D eigenvalue weighted by atomic mass is 16.6. The number of hydrogen-bond acceptors (Lipinski definition) is 15. The van der Waals surface area contributed by atoms with Crippen LogP contribution in [0.4, 0.5) is 0 Å². The van der Waals surface area contributed by atoms with Gasteiger partial charge in [-0.25, -0.2) is 4.79 Å². The monoisotopic (exact) mass is 1100 g/mol. The summed E-state index contributed by atoms with van der Waals surface area (Å²) >= 11 is 0. The van der Waals surface area contributed by atoms with E-state index in [2.05, 4.69) is 16.0 Å². The van der Waals surface area contributed by atoms with Gasteiger partial charge in [0, 0.05) is 39.1 Å². The van der Waals surface area contributed by atoms with Crippen LogP contribution in [0.2, 0.25) is 0 Å². The van der Waals surface area contributed by atoms with Gasteiger partial charge in [0.05, 0.1) is 37.6 Å². The Balaban J connectivity index is 1.87. The minimum absolute atomic E-state index is 0.0444. The third-order valence-electron chi connectivity index (χ3n) is 15.5. The summed E-state index contributed by atoms with van der Waals surface area (Å²) in [6.45, 7) is 19.4. The van der Waals surface area contributed by atoms with Crippen LogP contribution in [0.1, 0.15) is 133 Å². The number of carbonyl (C=O) groups is 9. The van der Waals surface area contributed by atoms with Gasteiger partial charge in [-0.3, -0.25) is 43.3 Å². The van der Waals surface area contributed by atoms with E-state index in [4.69, 9.17) is 14.2 Å². The summed E-state index contributed by atoms with van der Waals surface area (Å²) in [6, 6.07) is -0.766. The lowest BCUT2D eigenvalue weighted by Gasteiger charge is -2.36. The van der Waals surface area contributed by atoms with Crippen LogP contribution in [0.5, 0.6) is 5.75 Å². The number of nitrogens with zero attached hydrogens (tertiary/aromatic N) is 4. The predicted octanol–water partition coefficient (Wildman–Crippen LogP) is 2.79. The number of hydrogen-bond donors (Lipinski definition) is 5. The normalized spacial score (nSPS) is 28.1. The van der Waals surface area contributed by atoms with Crippen LogP contribution in [0.3, 0.4) is 0 Å². The molecule has 3 fully saturated rings. The number of ketones is 1. The molecule has 3 saturated heterocycles. The Morgan fingerprint density at radius 3 is 2.09 bits per heavy atom. The molecule has 1 aromatic rings. The number of likely N-dealkylation sites (tertiary alicyclic amines) is 1. The van der Waals surface area contributed by atoms with Crippen LogP contribution in [0.25, 0.3) is 0 Å². The number of esters is 2. The highest BCUT2D eigenvalue weighted by molar-refractivity contribution is 6.05. The second-order valence-corrected chi connectivity index (χ2v) is 23.1. The van der Waals surface area contributed by atoms with Crippen molar-refractivity contribution in [3.8, 4) is 5.75 Å². The molecule has 3 aliphatic rings. The predicted molar refractivity (Wildman–Crippen MR) is 290 cm³/mol. The van der Waals surface area contributed by atoms with Gasteiger partial charge in [0.1, 0.15) is 42.1 Å². The van der Waals surface area contributed by atoms with Crippen LogP contribution in [-0.2, 0) is 59.0 Å². The van der Waals surface area contributed by atoms with E-state index in [-0.39, 0.29) is 50.2 Å². The first kappa shape index (κ1) is 64.9. The standard InChI is InChI=1S/C57H91N7O14/c1-15-34(8)47-45(66)29-46(67)78-50(33(6)7)49(68)35(9)51(69)58-41(26-31(2)3)55(73)64-25-17-19-42(64)56(74)62(13)44(28-38-20-22-40(76-14)23-21-38)57(75)77-37(11)48(53(71)59-47)60-52(70)43(27-32(4)5)61(12)30-39-18-16-24-63(39)54(72)36(10)65/h20-23,31-37,39,41-45,47-48,50,65-66H,15-19,24-30H2,1-14H3,(H,58,69)(H,59,71)(H,60,70)/t34-,35-,36-,37+,39-,41?,42-,43+,44?,45-,47?,48?,50?/m0/s1. The topological polar surface area (TPSA) is 271 Å². The number of Topliss-reactive ketones (excluding diaryl/α,β-unsaturated/α-hetero) is 1. The molecule has 4 rings (SSSR count). The number of aliphatic hydroxyl groups is 2. The Kier molecular flexibility index (Phi) is 24.5. The number of rotatable bonds is 16. The van der Waals surface area contributed by atoms with Crippen molar-refractivity contribution in [2.45, 2.75) is 201 Å². The first-order chi connectivity index (χ1) is 36.6. The van der Waals surface area contributed by atoms with Crippen molar-refractivity contribution < 1.29 is 67.6 Å². The van der Waals surface area contributed by atoms with Crippen LogP contribution < -0.4 is 20.7 Å². The molecule has 0 saturated carbocycles. The summed E-state index contributed by atoms with van der Waals surface area (Å²) in [4.78, 5) is 135. The minimum atomic E-state index is -1.64. The average molecular weight is 1100 g/mol. The largest absolute Gasteiger partial charge is 0.497 e. The zero-order valence-corrected chi connectivity index (χ0v) is 48.6. The van der Waals surface area contributed by atoms with Crippen LogP contribution in [0.15, 0.2) is 24.3 Å². The van der Waals surface area contributed by atoms with Gasteiger partial charge >= 0.3 is 11.9 Å². The van der Waals surface area contributed by atoms with Crippen molar-refractivity contribution in [3.63, 3.8) is 0 Å². The molecule has 21 nitrogen and oxygen atoms in total. The van der Waals surface area contributed by atoms with Crippen LogP contribution >= 0.6 is 0 Å². The Hall–Kier alpha value is -5.67. The number of benzene rings is 1. The van der Waals surface area contributed by atoms with Gasteiger partial charge in [-0.05, 0) is 108 Å². The maximum atomic E-state index is 15.0. The summed E-state index contributed by atoms with van der Waals surface area (Å²) in [5.74, 6) is -8.68. The summed E-state index contributed by atoms with van der Waals surface area (Å²) in [5, 5.41) is 30.5. The number of fused-ring (bicyclic) bond motifs is 1. The van der Waals surface area contributed by atoms with Gasteiger partial charge in [-0.15, -0.1) is 0 Å². The molecule has 0 spiro atoms. The number of cyclic esters (lactones) is 2. The second-order valence-electron chi connectivity index (χ2n) is 23.1. The Bertz CT molecular complexity index is 2240. The van der Waals surface area contributed by atoms with Crippen molar-refractivity contribution in [1.29, 1.82) is 0 Å². The molecule has 438 valence electrons. The molecular weight excluding hydrogens is 1010 g/mol. The molecule has 0 aromatic heterocycles. The van der Waals surface area contributed by atoms with Gasteiger partial charge in [0.25, 0.3) is 5.91 Å². The van der Waals surface area contributed by atoms with Crippen LogP contribution in [-0.4, -0.2) is 191 Å². The van der Waals surface area contributed by atoms with Gasteiger partial charge in [0.2, 0.25) is 29.5 Å². The van der Waals surface area contributed by atoms with E-state index >= 15 is 4.79 Å². The van der Waals surface area contributed by atoms with Crippen molar-refractivity contribution >= 4 is 53.2 Å². The maximum absolute atomic E-state index is 15.0. The fraction of sp³-hybridized carbons (Fsp3) is 0.737. The number of ether oxygens (including phenoxy) is 3. The molecule has 13 atom stereocenters. The lowest BCUT2D eigenvalue weighted by Crippen LogP contribution is -2.61. The summed E-state index contributed by atoms with van der Waals surface area (Å²) in [5.41, 5.74) is 0.604. The average Bonchev–Trinajstić information content (AvgIpc) is 4.09. The summed E-state index contributed by atoms with van der Waals surface area (Å²) in [6.07, 6.45) is -3.66. The number of carbonyl (C=O) groups excluding carboxylic acids is 9. The number of likely N-dealkylation sites (N-methyl/N-ethyl adjacent to an activating group) is 2. The number of aliphatic hydroxyl groups excluding tert-OH is 2. The molecular formula is C57H91N7O14. The highest BCUT2D eigenvalue weighted by Gasteiger charge is 2.45. The zero-order valence-electron chi connectivity index (χ0n) is 48.6. The molecule has 3 aliphatic heterocycles. The van der Waals surface area contributed by atoms with E-state index in [1.165, 1.54) is 44.7 Å². The molecule has 3 heterocycles. The van der Waals surface area contributed by atoms with Gasteiger partial charge in [-0.1, -0.05) is 73.9 Å². The molecule has 0 bridgehead atoms. The molecule has 1 aromatic carbocycles. The SMILES string of the molecule is CC[C@H](C)C1NC(=O)C(NC(=O)[C@@H](CC(C)C)N(C)C[C@@H]2CCCN2C(=O)[C@H](C)O)[C@@H](C)OC(=O)C(Cc2ccc(OC)cc2)N(C)C(=O)[C@@H]2CCCN2C(=O)C(CC(C)C)NC(=O)[C@@H](C)C(=O)C(C(C)C)OC(=O)C[C@@H]1O. The number of amides is 6. The molecule has 5 unspecified atom stereocenters. The van der Waals surface area contributed by atoms with Crippen molar-refractivity contribution in [1.82, 2.24) is 35.6 Å². The molecule has 5 N–H and O–H groups in total. The zero-order chi connectivity index (χ0) is 58.5. The number of nitrogens with one attached hydrogen (secondary N) is 3. The smallest absolute Gasteiger partial charge is 0.329 e. The lowest BCUT2D eigenvalue weighted by molar-refractivity contribution is -0.163. The van der Waals surface area contributed by atoms with Gasteiger partial charge in [0.15, 0.2) is 11.9 Å². The lowest BCUT2D eigenvalue weighted by atomic mass is 9.91. The number of methoxy groups -OCH3 is 1.